The van der Waals surface area contributed by atoms with Crippen LogP contribution in [0.5, 0.6) is 0 Å². The van der Waals surface area contributed by atoms with E-state index in [0.29, 0.717) is 23.4 Å². The third kappa shape index (κ3) is 10.1. The molecule has 4 rings (SSSR count). The predicted molar refractivity (Wildman–Crippen MR) is 164 cm³/mol. The minimum atomic E-state index is -5.08. The number of nitrogens with one attached hydrogen (secondary N) is 3. The summed E-state index contributed by atoms with van der Waals surface area (Å²) in [6, 6.07) is 22.7. The Balaban J connectivity index is 0.000000707. The van der Waals surface area contributed by atoms with Gasteiger partial charge in [-0.05, 0) is 74.4 Å². The Labute approximate surface area is 258 Å². The first-order chi connectivity index (χ1) is 21.0. The fourth-order valence-corrected chi connectivity index (χ4v) is 5.35. The zero-order chi connectivity index (χ0) is 33.4. The third-order valence-electron chi connectivity index (χ3n) is 6.83. The number of sulfonamides is 1. The van der Waals surface area contributed by atoms with Crippen molar-refractivity contribution in [3.8, 4) is 0 Å². The van der Waals surface area contributed by atoms with Gasteiger partial charge in [-0.3, -0.25) is 9.52 Å². The third-order valence-corrected chi connectivity index (χ3v) is 8.23. The monoisotopic (exact) mass is 648 g/mol. The molecule has 4 aromatic rings. The summed E-state index contributed by atoms with van der Waals surface area (Å²) in [5, 5.41) is 25.1. The topological polar surface area (TPSA) is 150 Å². The SMILES string of the molecule is CNC(=O)c1ccc2c(ccn2CCC(C)(C)NC[C@H](O)c2cccc(NS(=O)(=O)c3ccccc3)c2)c1.O=C(O)C(F)(F)F. The number of carboxylic acid groups (broad SMARTS) is 1. The summed E-state index contributed by atoms with van der Waals surface area (Å²) in [5.74, 6) is -2.87. The van der Waals surface area contributed by atoms with Crippen LogP contribution in [0.15, 0.2) is 90.0 Å². The number of carbonyl (C=O) groups is 2. The van der Waals surface area contributed by atoms with Gasteiger partial charge in [0.25, 0.3) is 15.9 Å². The van der Waals surface area contributed by atoms with E-state index in [1.165, 1.54) is 12.1 Å². The Bertz CT molecular complexity index is 1720. The fourth-order valence-electron chi connectivity index (χ4n) is 4.28. The number of carboxylic acids is 1. The van der Waals surface area contributed by atoms with Crippen LogP contribution in [0.3, 0.4) is 0 Å². The molecule has 0 bridgehead atoms. The summed E-state index contributed by atoms with van der Waals surface area (Å²) in [5.41, 5.74) is 2.43. The average molecular weight is 649 g/mol. The zero-order valence-corrected chi connectivity index (χ0v) is 25.6. The van der Waals surface area contributed by atoms with Crippen molar-refractivity contribution in [2.75, 3.05) is 18.3 Å². The van der Waals surface area contributed by atoms with Crippen molar-refractivity contribution in [1.82, 2.24) is 15.2 Å². The van der Waals surface area contributed by atoms with Gasteiger partial charge in [0.15, 0.2) is 0 Å². The van der Waals surface area contributed by atoms with E-state index in [9.17, 15) is 31.5 Å². The van der Waals surface area contributed by atoms with Gasteiger partial charge in [-0.15, -0.1) is 0 Å². The number of alkyl halides is 3. The highest BCUT2D eigenvalue weighted by Gasteiger charge is 2.38. The van der Waals surface area contributed by atoms with Gasteiger partial charge in [-0.25, -0.2) is 13.2 Å². The Morgan fingerprint density at radius 3 is 2.24 bits per heavy atom. The molecule has 14 heteroatoms. The molecule has 3 aromatic carbocycles. The standard InChI is InChI=1S/C29H34N4O4S.C2HF3O2/c1-29(2,15-17-33-16-14-21-18-23(28(35)30-3)12-13-26(21)33)31-20-27(34)22-8-7-9-24(19-22)32-38(36,37)25-10-5-4-6-11-25;3-2(4,5)1(6)7/h4-14,16,18-19,27,31-32,34H,15,17,20H2,1-3H3,(H,30,35);(H,6,7)/t27-;/m0./s1. The Hall–Kier alpha value is -4.40. The van der Waals surface area contributed by atoms with E-state index in [1.54, 1.807) is 49.5 Å². The van der Waals surface area contributed by atoms with Crippen LogP contribution in [-0.4, -0.2) is 60.4 Å². The molecule has 0 spiro atoms. The van der Waals surface area contributed by atoms with E-state index in [2.05, 4.69) is 33.8 Å². The molecule has 0 unspecified atom stereocenters. The molecule has 45 heavy (non-hydrogen) atoms. The maximum absolute atomic E-state index is 12.6. The molecule has 0 saturated carbocycles. The van der Waals surface area contributed by atoms with E-state index < -0.39 is 28.3 Å². The number of nitrogens with zero attached hydrogens (tertiary/aromatic N) is 1. The maximum atomic E-state index is 12.6. The molecule has 1 atom stereocenters. The number of fused-ring (bicyclic) bond motifs is 1. The molecule has 1 aromatic heterocycles. The smallest absolute Gasteiger partial charge is 0.475 e. The number of hydrogen-bond acceptors (Lipinski definition) is 6. The number of aliphatic hydroxyl groups is 1. The van der Waals surface area contributed by atoms with Crippen LogP contribution in [0.25, 0.3) is 10.9 Å². The van der Waals surface area contributed by atoms with E-state index in [4.69, 9.17) is 9.90 Å². The van der Waals surface area contributed by atoms with E-state index in [0.717, 1.165) is 23.9 Å². The Morgan fingerprint density at radius 2 is 1.62 bits per heavy atom. The highest BCUT2D eigenvalue weighted by Crippen LogP contribution is 2.23. The molecule has 0 aliphatic heterocycles. The van der Waals surface area contributed by atoms with Crippen LogP contribution >= 0.6 is 0 Å². The number of aromatic nitrogens is 1. The van der Waals surface area contributed by atoms with Crippen molar-refractivity contribution in [2.24, 2.45) is 0 Å². The van der Waals surface area contributed by atoms with Gasteiger partial charge in [-0.2, -0.15) is 13.2 Å². The first-order valence-corrected chi connectivity index (χ1v) is 15.2. The molecule has 10 nitrogen and oxygen atoms in total. The summed E-state index contributed by atoms with van der Waals surface area (Å²) >= 11 is 0. The normalized spacial score (nSPS) is 12.6. The molecule has 242 valence electrons. The first kappa shape index (κ1) is 35.1. The molecule has 0 saturated heterocycles. The van der Waals surface area contributed by atoms with Crippen LogP contribution in [0.1, 0.15) is 42.3 Å². The summed E-state index contributed by atoms with van der Waals surface area (Å²) in [6.45, 7) is 5.23. The van der Waals surface area contributed by atoms with Crippen LogP contribution in [-0.2, 0) is 21.4 Å². The number of anilines is 1. The second-order valence-electron chi connectivity index (χ2n) is 10.7. The molecule has 0 radical (unpaired) electrons. The van der Waals surface area contributed by atoms with Crippen molar-refractivity contribution in [3.05, 3.63) is 96.2 Å². The molecule has 0 aliphatic rings. The highest BCUT2D eigenvalue weighted by atomic mass is 32.2. The number of amides is 1. The van der Waals surface area contributed by atoms with Gasteiger partial charge >= 0.3 is 12.1 Å². The van der Waals surface area contributed by atoms with Gasteiger partial charge in [0, 0.05) is 54.0 Å². The molecule has 1 heterocycles. The van der Waals surface area contributed by atoms with E-state index >= 15 is 0 Å². The lowest BCUT2D eigenvalue weighted by atomic mass is 9.99. The molecular weight excluding hydrogens is 613 g/mol. The number of carbonyl (C=O) groups excluding carboxylic acids is 1. The van der Waals surface area contributed by atoms with Crippen LogP contribution < -0.4 is 15.4 Å². The minimum absolute atomic E-state index is 0.109. The van der Waals surface area contributed by atoms with Gasteiger partial charge in [0.1, 0.15) is 0 Å². The molecule has 5 N–H and O–H groups in total. The van der Waals surface area contributed by atoms with Crippen LogP contribution in [0, 0.1) is 0 Å². The zero-order valence-electron chi connectivity index (χ0n) is 24.8. The summed E-state index contributed by atoms with van der Waals surface area (Å²) in [6.07, 6.45) is -3.07. The number of hydrogen-bond donors (Lipinski definition) is 5. The van der Waals surface area contributed by atoms with Gasteiger partial charge < -0.3 is 25.4 Å². The number of halogens is 3. The van der Waals surface area contributed by atoms with E-state index in [-0.39, 0.29) is 16.3 Å². The Kier molecular flexibility index (Phi) is 11.4. The predicted octanol–water partition coefficient (Wildman–Crippen LogP) is 4.93. The fraction of sp³-hybridized carbons (Fsp3) is 0.290. The first-order valence-electron chi connectivity index (χ1n) is 13.7. The minimum Gasteiger partial charge on any atom is -0.475 e. The highest BCUT2D eigenvalue weighted by molar-refractivity contribution is 7.92. The lowest BCUT2D eigenvalue weighted by Gasteiger charge is -2.28. The second kappa shape index (κ2) is 14.6. The molecule has 0 fully saturated rings. The Morgan fingerprint density at radius 1 is 0.956 bits per heavy atom. The van der Waals surface area contributed by atoms with Crippen molar-refractivity contribution < 1.29 is 41.4 Å². The van der Waals surface area contributed by atoms with Crippen molar-refractivity contribution in [2.45, 2.75) is 49.5 Å². The van der Waals surface area contributed by atoms with Gasteiger partial charge in [-0.1, -0.05) is 30.3 Å². The summed E-state index contributed by atoms with van der Waals surface area (Å²) < 4.78 is 61.8. The summed E-state index contributed by atoms with van der Waals surface area (Å²) in [7, 11) is -2.09. The van der Waals surface area contributed by atoms with Crippen LogP contribution in [0.4, 0.5) is 18.9 Å². The van der Waals surface area contributed by atoms with Gasteiger partial charge in [0.05, 0.1) is 11.0 Å². The lowest BCUT2D eigenvalue weighted by molar-refractivity contribution is -0.192. The lowest BCUT2D eigenvalue weighted by Crippen LogP contribution is -2.42. The molecular formula is C31H35F3N4O6S. The number of benzene rings is 3. The van der Waals surface area contributed by atoms with Gasteiger partial charge in [0.2, 0.25) is 0 Å². The number of aliphatic hydroxyl groups excluding tert-OH is 1. The van der Waals surface area contributed by atoms with Crippen molar-refractivity contribution in [1.29, 1.82) is 0 Å². The number of aryl methyl sites for hydroxylation is 1. The van der Waals surface area contributed by atoms with Crippen molar-refractivity contribution in [3.63, 3.8) is 0 Å². The molecule has 1 amide bonds. The quantitative estimate of drug-likeness (QED) is 0.155. The number of rotatable bonds is 11. The molecule has 0 aliphatic carbocycles. The second-order valence-corrected chi connectivity index (χ2v) is 12.4. The van der Waals surface area contributed by atoms with Crippen LogP contribution in [0.2, 0.25) is 0 Å². The number of aliphatic carboxylic acids is 1. The van der Waals surface area contributed by atoms with Crippen molar-refractivity contribution >= 4 is 38.5 Å². The maximum Gasteiger partial charge on any atom is 0.490 e. The largest absolute Gasteiger partial charge is 0.490 e. The average Bonchev–Trinajstić information content (AvgIpc) is 3.41. The number of β-amino-alcohol motifs (C(OH)–C–C–N with tert-alkyl or cyclic N) is 1. The van der Waals surface area contributed by atoms with E-state index in [1.807, 2.05) is 30.5 Å². The summed E-state index contributed by atoms with van der Waals surface area (Å²) in [4.78, 5) is 21.0.